The average Bonchev–Trinajstić information content (AvgIpc) is 3.43. The maximum atomic E-state index is 2.67. The van der Waals surface area contributed by atoms with Gasteiger partial charge in [-0.3, -0.25) is 0 Å². The van der Waals surface area contributed by atoms with Gasteiger partial charge in [-0.15, -0.1) is 24.8 Å². The van der Waals surface area contributed by atoms with E-state index in [1.54, 1.807) is 21.5 Å². The van der Waals surface area contributed by atoms with Crippen molar-refractivity contribution in [1.82, 2.24) is 0 Å². The number of hydrogen-bond acceptors (Lipinski definition) is 0. The van der Waals surface area contributed by atoms with Crippen molar-refractivity contribution < 1.29 is 20.9 Å². The van der Waals surface area contributed by atoms with Gasteiger partial charge in [0.2, 0.25) is 0 Å². The van der Waals surface area contributed by atoms with Crippen molar-refractivity contribution in [1.29, 1.82) is 0 Å². The van der Waals surface area contributed by atoms with E-state index < -0.39 is 26.8 Å². The molecule has 0 unspecified atom stereocenters. The van der Waals surface area contributed by atoms with E-state index >= 15 is 0 Å². The number of halogens is 2. The Morgan fingerprint density at radius 3 is 1.84 bits per heavy atom. The Labute approximate surface area is 215 Å². The normalized spacial score (nSPS) is 14.8. The van der Waals surface area contributed by atoms with Crippen molar-refractivity contribution >= 4 is 41.1 Å². The maximum absolute atomic E-state index is 2.67. The minimum atomic E-state index is -2.08. The Bertz CT molecular complexity index is 1020. The number of hydrogen-bond donors (Lipinski definition) is 0. The molecule has 2 aromatic carbocycles. The molecule has 0 bridgehead atoms. The van der Waals surface area contributed by atoms with Gasteiger partial charge in [0.05, 0.1) is 0 Å². The van der Waals surface area contributed by atoms with Gasteiger partial charge in [-0.05, 0) is 0 Å². The van der Waals surface area contributed by atoms with Gasteiger partial charge >= 0.3 is 192 Å². The van der Waals surface area contributed by atoms with Crippen LogP contribution in [0.3, 0.4) is 0 Å². The average molecular weight is 562 g/mol. The molecule has 0 saturated heterocycles. The van der Waals surface area contributed by atoms with Crippen LogP contribution in [0.15, 0.2) is 90.5 Å². The Hall–Kier alpha value is -0.920. The minimum absolute atomic E-state index is 0. The van der Waals surface area contributed by atoms with Gasteiger partial charge in [0, 0.05) is 0 Å². The zero-order valence-corrected chi connectivity index (χ0v) is 24.9. The number of allylic oxidation sites excluding steroid dienone is 8. The van der Waals surface area contributed by atoms with E-state index in [9.17, 15) is 0 Å². The molecular weight excluding hydrogens is 527 g/mol. The van der Waals surface area contributed by atoms with E-state index in [0.717, 1.165) is 0 Å². The summed E-state index contributed by atoms with van der Waals surface area (Å²) in [5.74, 6) is -1.33. The summed E-state index contributed by atoms with van der Waals surface area (Å²) < 4.78 is 3.68. The summed E-state index contributed by atoms with van der Waals surface area (Å²) in [4.78, 5) is 0. The summed E-state index contributed by atoms with van der Waals surface area (Å²) in [7, 11) is 0. The van der Waals surface area contributed by atoms with Gasteiger partial charge in [0.1, 0.15) is 0 Å². The maximum Gasteiger partial charge on any atom is -0.147 e. The van der Waals surface area contributed by atoms with Crippen LogP contribution >= 0.6 is 24.8 Å². The van der Waals surface area contributed by atoms with E-state index in [2.05, 4.69) is 101 Å². The second-order valence-electron chi connectivity index (χ2n) is 8.57. The standard InChI is InChI=1S/C14H15Si.C9H13.C5H5.2ClH.Zr/c1-11-7-3-5-9-13(11)15-14-10-6-4-8-12(14)2;1-3-8-6-5-7-9(8)4-2;1-2-4-5-3-1;;;/h3-10,15H,1-2H3;6H,3-4,7H2,1-2H3;1-3H,4H2;2*1H;. The number of aryl methyl sites for hydroxylation is 2. The van der Waals surface area contributed by atoms with Gasteiger partial charge in [-0.2, -0.15) is 0 Å². The molecule has 0 atom stereocenters. The smallest absolute Gasteiger partial charge is 0.147 e. The first-order valence-corrected chi connectivity index (χ1v) is 19.8. The third-order valence-electron chi connectivity index (χ3n) is 6.76. The molecule has 0 heterocycles. The summed E-state index contributed by atoms with van der Waals surface area (Å²) in [6.45, 7) is 9.36. The van der Waals surface area contributed by atoms with Crippen LogP contribution in [0.2, 0.25) is 0 Å². The largest absolute Gasteiger partial charge is 0.147 e. The first kappa shape index (κ1) is 27.3. The SMILES string of the molecule is CCC1=C(CC)C[C]([Zr]([C]2=CC=CC2)[SiH](c2ccccc2C)c2ccccc2C)=C1.Cl.Cl. The van der Waals surface area contributed by atoms with Crippen molar-refractivity contribution in [3.63, 3.8) is 0 Å². The van der Waals surface area contributed by atoms with Crippen molar-refractivity contribution in [2.24, 2.45) is 0 Å². The van der Waals surface area contributed by atoms with E-state index in [4.69, 9.17) is 0 Å². The van der Waals surface area contributed by atoms with Crippen molar-refractivity contribution in [2.75, 3.05) is 0 Å². The first-order valence-electron chi connectivity index (χ1n) is 11.4. The van der Waals surface area contributed by atoms with Crippen LogP contribution in [0.1, 0.15) is 50.7 Å². The Morgan fingerprint density at radius 1 is 0.812 bits per heavy atom. The van der Waals surface area contributed by atoms with Crippen molar-refractivity contribution in [3.8, 4) is 0 Å². The number of benzene rings is 2. The Morgan fingerprint density at radius 2 is 1.41 bits per heavy atom. The zero-order valence-electron chi connectivity index (χ0n) is 19.7. The summed E-state index contributed by atoms with van der Waals surface area (Å²) in [6, 6.07) is 18.6. The number of rotatable bonds is 7. The molecule has 0 N–H and O–H groups in total. The van der Waals surface area contributed by atoms with Gasteiger partial charge < -0.3 is 0 Å². The second-order valence-corrected chi connectivity index (χ2v) is 23.5. The Kier molecular flexibility index (Phi) is 10.7. The second kappa shape index (κ2) is 12.5. The Balaban J connectivity index is 0.00000181. The van der Waals surface area contributed by atoms with Crippen LogP contribution in [0, 0.1) is 13.8 Å². The summed E-state index contributed by atoms with van der Waals surface area (Å²) in [5.41, 5.74) is 6.35. The molecule has 2 aromatic rings. The molecular formula is C28H35Cl2SiZr. The van der Waals surface area contributed by atoms with Crippen LogP contribution in [0.5, 0.6) is 0 Å². The monoisotopic (exact) mass is 559 g/mol. The molecule has 2 aliphatic carbocycles. The molecule has 4 rings (SSSR count). The molecule has 32 heavy (non-hydrogen) atoms. The van der Waals surface area contributed by atoms with E-state index in [-0.39, 0.29) is 24.8 Å². The fourth-order valence-electron chi connectivity index (χ4n) is 5.11. The molecule has 0 aromatic heterocycles. The van der Waals surface area contributed by atoms with E-state index in [1.807, 2.05) is 6.56 Å². The molecule has 0 nitrogen and oxygen atoms in total. The molecule has 0 saturated carbocycles. The summed E-state index contributed by atoms with van der Waals surface area (Å²) in [6.07, 6.45) is 14.7. The van der Waals surface area contributed by atoms with Gasteiger partial charge in [-0.1, -0.05) is 0 Å². The van der Waals surface area contributed by atoms with Crippen molar-refractivity contribution in [3.05, 3.63) is 102 Å². The van der Waals surface area contributed by atoms with Crippen LogP contribution in [0.4, 0.5) is 0 Å². The predicted molar refractivity (Wildman–Crippen MR) is 145 cm³/mol. The molecule has 0 fully saturated rings. The quantitative estimate of drug-likeness (QED) is 0.324. The zero-order chi connectivity index (χ0) is 21.1. The molecule has 4 heteroatoms. The van der Waals surface area contributed by atoms with E-state index in [0.29, 0.717) is 0 Å². The van der Waals surface area contributed by atoms with Gasteiger partial charge in [-0.25, -0.2) is 0 Å². The fraction of sp³-hybridized carbons (Fsp3) is 0.286. The van der Waals surface area contributed by atoms with Crippen molar-refractivity contribution in [2.45, 2.75) is 53.4 Å². The topological polar surface area (TPSA) is 0 Å². The van der Waals surface area contributed by atoms with Gasteiger partial charge in [0.15, 0.2) is 0 Å². The van der Waals surface area contributed by atoms with Gasteiger partial charge in [0.25, 0.3) is 0 Å². The third kappa shape index (κ3) is 5.58. The fourth-order valence-corrected chi connectivity index (χ4v) is 30.0. The molecule has 0 amide bonds. The third-order valence-corrected chi connectivity index (χ3v) is 28.2. The van der Waals surface area contributed by atoms with E-state index in [1.165, 1.54) is 36.8 Å². The molecule has 0 spiro atoms. The first-order chi connectivity index (χ1) is 14.6. The van der Waals surface area contributed by atoms with Crippen LogP contribution in [-0.4, -0.2) is 5.92 Å². The predicted octanol–water partition coefficient (Wildman–Crippen LogP) is 6.85. The molecule has 0 radical (unpaired) electrons. The summed E-state index contributed by atoms with van der Waals surface area (Å²) >= 11 is -2.08. The van der Waals surface area contributed by atoms with Crippen LogP contribution in [0.25, 0.3) is 0 Å². The van der Waals surface area contributed by atoms with Crippen LogP contribution in [-0.2, 0) is 20.9 Å². The minimum Gasteiger partial charge on any atom is -0.147 e. The molecule has 0 aliphatic heterocycles. The molecule has 2 aliphatic rings. The van der Waals surface area contributed by atoms with Crippen LogP contribution < -0.4 is 10.4 Å². The molecule has 169 valence electrons. The summed E-state index contributed by atoms with van der Waals surface area (Å²) in [5, 5.41) is 3.38.